The lowest BCUT2D eigenvalue weighted by atomic mass is 10.2. The Balaban J connectivity index is 1.47. The van der Waals surface area contributed by atoms with Crippen LogP contribution in [0.1, 0.15) is 12.5 Å². The molecular weight excluding hydrogens is 397 g/mol. The average molecular weight is 420 g/mol. The van der Waals surface area contributed by atoms with Gasteiger partial charge in [0.25, 0.3) is 0 Å². The van der Waals surface area contributed by atoms with Crippen molar-refractivity contribution in [2.45, 2.75) is 13.0 Å². The molecule has 1 fully saturated rings. The van der Waals surface area contributed by atoms with Crippen molar-refractivity contribution in [1.29, 1.82) is 0 Å². The maximum Gasteiger partial charge on any atom is 0.244 e. The maximum atomic E-state index is 14.4. The van der Waals surface area contributed by atoms with Crippen LogP contribution in [0.5, 0.6) is 0 Å². The zero-order valence-corrected chi connectivity index (χ0v) is 17.1. The van der Waals surface area contributed by atoms with Gasteiger partial charge in [0.15, 0.2) is 5.83 Å². The van der Waals surface area contributed by atoms with E-state index in [1.807, 2.05) is 7.05 Å². The van der Waals surface area contributed by atoms with E-state index in [0.29, 0.717) is 29.6 Å². The standard InChI is InChI=1S/C19H23ClFN7O/c1-11(19(29)28-5-3-27(2)4-6-28)25-18-15(21)10-24-17(26-18)14-9-23-16-13(14)7-12(20)8-22-16/h7-9,11,25H,3-6,10H2,1-2H3,(H,22,23)(H,24,26)/t11-/m0/s1. The average Bonchev–Trinajstić information content (AvgIpc) is 3.12. The molecule has 4 heterocycles. The van der Waals surface area contributed by atoms with Gasteiger partial charge in [0.05, 0.1) is 11.6 Å². The normalized spacial score (nSPS) is 19.2. The summed E-state index contributed by atoms with van der Waals surface area (Å²) >= 11 is 6.06. The molecule has 0 radical (unpaired) electrons. The molecular formula is C19H23ClFN7O. The molecule has 2 aromatic heterocycles. The number of likely N-dealkylation sites (N-methyl/N-ethyl adjacent to an activating group) is 1. The summed E-state index contributed by atoms with van der Waals surface area (Å²) in [6.45, 7) is 4.64. The highest BCUT2D eigenvalue weighted by Crippen LogP contribution is 2.22. The van der Waals surface area contributed by atoms with Gasteiger partial charge in [0.1, 0.15) is 23.3 Å². The molecule has 154 valence electrons. The van der Waals surface area contributed by atoms with E-state index >= 15 is 0 Å². The molecule has 8 nitrogen and oxygen atoms in total. The number of halogens is 2. The van der Waals surface area contributed by atoms with E-state index in [4.69, 9.17) is 11.6 Å². The number of carbonyl (C=O) groups excluding carboxylic acids is 1. The molecule has 29 heavy (non-hydrogen) atoms. The van der Waals surface area contributed by atoms with Crippen LogP contribution in [0.2, 0.25) is 5.02 Å². The van der Waals surface area contributed by atoms with Crippen molar-refractivity contribution < 1.29 is 9.18 Å². The number of carbonyl (C=O) groups is 1. The second-order valence-electron chi connectivity index (χ2n) is 7.32. The molecule has 0 saturated carbocycles. The highest BCUT2D eigenvalue weighted by Gasteiger charge is 2.26. The predicted octanol–water partition coefficient (Wildman–Crippen LogP) is 1.46. The summed E-state index contributed by atoms with van der Waals surface area (Å²) < 4.78 is 14.4. The van der Waals surface area contributed by atoms with Crippen LogP contribution in [0.4, 0.5) is 4.39 Å². The van der Waals surface area contributed by atoms with E-state index in [9.17, 15) is 9.18 Å². The van der Waals surface area contributed by atoms with Gasteiger partial charge in [-0.25, -0.2) is 9.37 Å². The van der Waals surface area contributed by atoms with Crippen LogP contribution in [0, 0.1) is 0 Å². The molecule has 0 aromatic carbocycles. The Hall–Kier alpha value is -2.65. The molecule has 0 bridgehead atoms. The molecule has 0 aliphatic carbocycles. The highest BCUT2D eigenvalue weighted by molar-refractivity contribution is 6.31. The van der Waals surface area contributed by atoms with Gasteiger partial charge in [0.2, 0.25) is 5.91 Å². The lowest BCUT2D eigenvalue weighted by molar-refractivity contribution is -0.134. The number of aliphatic imine (C=N–C) groups is 1. The van der Waals surface area contributed by atoms with E-state index in [0.717, 1.165) is 24.0 Å². The first-order valence-electron chi connectivity index (χ1n) is 9.49. The van der Waals surface area contributed by atoms with Crippen molar-refractivity contribution in [2.75, 3.05) is 39.8 Å². The minimum Gasteiger partial charge on any atom is -0.358 e. The van der Waals surface area contributed by atoms with Gasteiger partial charge in [-0.3, -0.25) is 9.79 Å². The van der Waals surface area contributed by atoms with Gasteiger partial charge in [0, 0.05) is 49.5 Å². The predicted molar refractivity (Wildman–Crippen MR) is 110 cm³/mol. The minimum atomic E-state index is -0.565. The number of amides is 1. The maximum absolute atomic E-state index is 14.4. The number of nitrogens with zero attached hydrogens (tertiary/aromatic N) is 4. The third-order valence-electron chi connectivity index (χ3n) is 5.19. The Morgan fingerprint density at radius 2 is 2.10 bits per heavy atom. The number of aromatic amines is 1. The Labute approximate surface area is 172 Å². The topological polar surface area (TPSA) is 88.6 Å². The van der Waals surface area contributed by atoms with Crippen molar-refractivity contribution in [2.24, 2.45) is 4.99 Å². The van der Waals surface area contributed by atoms with Crippen molar-refractivity contribution in [3.8, 4) is 0 Å². The molecule has 2 aliphatic rings. The van der Waals surface area contributed by atoms with Crippen molar-refractivity contribution in [3.05, 3.63) is 40.7 Å². The number of fused-ring (bicyclic) bond motifs is 1. The van der Waals surface area contributed by atoms with Crippen LogP contribution in [0.25, 0.3) is 11.0 Å². The number of hydrogen-bond acceptors (Lipinski definition) is 6. The van der Waals surface area contributed by atoms with Crippen LogP contribution in [-0.4, -0.2) is 77.3 Å². The van der Waals surface area contributed by atoms with Crippen molar-refractivity contribution >= 4 is 34.4 Å². The Bertz CT molecular complexity index is 994. The molecule has 0 spiro atoms. The molecule has 0 unspecified atom stereocenters. The zero-order valence-electron chi connectivity index (χ0n) is 16.3. The molecule has 3 N–H and O–H groups in total. The van der Waals surface area contributed by atoms with Gasteiger partial charge in [-0.2, -0.15) is 0 Å². The second kappa shape index (κ2) is 8.00. The largest absolute Gasteiger partial charge is 0.358 e. The minimum absolute atomic E-state index is 0.0488. The lowest BCUT2D eigenvalue weighted by Crippen LogP contribution is -2.53. The van der Waals surface area contributed by atoms with Crippen molar-refractivity contribution in [3.63, 3.8) is 0 Å². The van der Waals surface area contributed by atoms with Crippen molar-refractivity contribution in [1.82, 2.24) is 30.4 Å². The van der Waals surface area contributed by atoms with E-state index in [1.54, 1.807) is 30.3 Å². The number of nitrogens with one attached hydrogen (secondary N) is 3. The van der Waals surface area contributed by atoms with Crippen LogP contribution >= 0.6 is 11.6 Å². The highest BCUT2D eigenvalue weighted by atomic mass is 35.5. The molecule has 4 rings (SSSR count). The van der Waals surface area contributed by atoms with Gasteiger partial charge >= 0.3 is 0 Å². The van der Waals surface area contributed by atoms with Crippen LogP contribution in [0.15, 0.2) is 35.1 Å². The summed E-state index contributed by atoms with van der Waals surface area (Å²) in [7, 11) is 2.03. The number of aromatic nitrogens is 2. The third-order valence-corrected chi connectivity index (χ3v) is 5.40. The first-order chi connectivity index (χ1) is 13.9. The number of rotatable bonds is 4. The number of H-pyrrole nitrogens is 1. The fourth-order valence-corrected chi connectivity index (χ4v) is 3.63. The number of hydrogen-bond donors (Lipinski definition) is 3. The fourth-order valence-electron chi connectivity index (χ4n) is 3.47. The summed E-state index contributed by atoms with van der Waals surface area (Å²) in [5.41, 5.74) is 1.40. The number of amidine groups is 1. The molecule has 1 saturated heterocycles. The summed E-state index contributed by atoms with van der Waals surface area (Å²) in [6.07, 6.45) is 3.30. The Morgan fingerprint density at radius 1 is 1.34 bits per heavy atom. The summed E-state index contributed by atoms with van der Waals surface area (Å²) in [4.78, 5) is 28.3. The molecule has 1 atom stereocenters. The van der Waals surface area contributed by atoms with E-state index in [1.165, 1.54) is 0 Å². The lowest BCUT2D eigenvalue weighted by Gasteiger charge is -2.34. The van der Waals surface area contributed by atoms with E-state index in [2.05, 4.69) is 30.5 Å². The monoisotopic (exact) mass is 419 g/mol. The first-order valence-corrected chi connectivity index (χ1v) is 9.87. The Kier molecular flexibility index (Phi) is 5.42. The summed E-state index contributed by atoms with van der Waals surface area (Å²) in [6, 6.07) is 1.21. The van der Waals surface area contributed by atoms with E-state index < -0.39 is 11.9 Å². The number of pyridine rings is 1. The SMILES string of the molecule is C[C@H](NC1=C(F)CN=C(c2c[nH]c3ncc(Cl)cc23)N1)C(=O)N1CCN(C)CC1. The summed E-state index contributed by atoms with van der Waals surface area (Å²) in [5, 5.41) is 7.26. The van der Waals surface area contributed by atoms with Gasteiger partial charge in [-0.15, -0.1) is 0 Å². The molecule has 2 aromatic rings. The second-order valence-corrected chi connectivity index (χ2v) is 7.75. The third kappa shape index (κ3) is 4.06. The fraction of sp³-hybridized carbons (Fsp3) is 0.421. The molecule has 10 heteroatoms. The quantitative estimate of drug-likeness (QED) is 0.698. The van der Waals surface area contributed by atoms with E-state index in [-0.39, 0.29) is 18.3 Å². The van der Waals surface area contributed by atoms with Gasteiger partial charge in [-0.1, -0.05) is 11.6 Å². The van der Waals surface area contributed by atoms with Gasteiger partial charge in [-0.05, 0) is 20.0 Å². The number of piperazine rings is 1. The first kappa shape index (κ1) is 19.7. The van der Waals surface area contributed by atoms with Crippen LogP contribution in [-0.2, 0) is 4.79 Å². The molecule has 2 aliphatic heterocycles. The smallest absolute Gasteiger partial charge is 0.244 e. The van der Waals surface area contributed by atoms with Gasteiger partial charge < -0.3 is 25.4 Å². The van der Waals surface area contributed by atoms with Crippen LogP contribution < -0.4 is 10.6 Å². The molecule has 1 amide bonds. The Morgan fingerprint density at radius 3 is 2.86 bits per heavy atom. The zero-order chi connectivity index (χ0) is 20.5. The summed E-state index contributed by atoms with van der Waals surface area (Å²) in [5.74, 6) is 0.160. The van der Waals surface area contributed by atoms with Crippen LogP contribution in [0.3, 0.4) is 0 Å².